The predicted molar refractivity (Wildman–Crippen MR) is 77.7 cm³/mol. The lowest BCUT2D eigenvalue weighted by molar-refractivity contribution is 0.0984. The topological polar surface area (TPSA) is 62.7 Å². The van der Waals surface area contributed by atoms with Crippen molar-refractivity contribution in [2.75, 3.05) is 41.8 Å². The highest BCUT2D eigenvalue weighted by atomic mass is 32.2. The summed E-state index contributed by atoms with van der Waals surface area (Å²) >= 11 is 0. The van der Waals surface area contributed by atoms with Crippen molar-refractivity contribution in [1.82, 2.24) is 4.98 Å². The van der Waals surface area contributed by atoms with Gasteiger partial charge in [0.05, 0.1) is 31.2 Å². The molecule has 1 atom stereocenters. The molecule has 2 aliphatic rings. The first kappa shape index (κ1) is 14.5. The first-order valence-electron chi connectivity index (χ1n) is 6.89. The molecule has 116 valence electrons. The summed E-state index contributed by atoms with van der Waals surface area (Å²) in [5, 5.41) is 0. The minimum Gasteiger partial charge on any atom is -0.377 e. The highest BCUT2D eigenvalue weighted by molar-refractivity contribution is 7.92. The first-order valence-corrected chi connectivity index (χ1v) is 8.74. The molecule has 0 aliphatic carbocycles. The second-order valence-electron chi connectivity index (χ2n) is 5.47. The Kier molecular flexibility index (Phi) is 3.53. The lowest BCUT2D eigenvalue weighted by Gasteiger charge is -2.35. The fourth-order valence-corrected chi connectivity index (χ4v) is 3.88. The van der Waals surface area contributed by atoms with Gasteiger partial charge in [-0.3, -0.25) is 4.31 Å². The molecule has 3 rings (SSSR count). The number of rotatable bonds is 2. The molecule has 1 fully saturated rings. The molecule has 0 unspecified atom stereocenters. The molecule has 8 heteroatoms. The number of aromatic nitrogens is 1. The van der Waals surface area contributed by atoms with Crippen LogP contribution in [0.5, 0.6) is 0 Å². The Morgan fingerprint density at radius 1 is 1.43 bits per heavy atom. The lowest BCUT2D eigenvalue weighted by Crippen LogP contribution is -2.44. The number of sulfonamides is 1. The summed E-state index contributed by atoms with van der Waals surface area (Å²) in [4.78, 5) is 6.01. The molecular formula is C13H18FN3O3S. The fourth-order valence-electron chi connectivity index (χ4n) is 2.94. The van der Waals surface area contributed by atoms with Gasteiger partial charge in [-0.05, 0) is 13.3 Å². The van der Waals surface area contributed by atoms with Gasteiger partial charge in [0.1, 0.15) is 5.82 Å². The monoisotopic (exact) mass is 315 g/mol. The van der Waals surface area contributed by atoms with Crippen LogP contribution in [0.15, 0.2) is 6.07 Å². The summed E-state index contributed by atoms with van der Waals surface area (Å²) < 4.78 is 44.1. The van der Waals surface area contributed by atoms with Crippen LogP contribution in [-0.4, -0.2) is 52.0 Å². The molecule has 1 aromatic heterocycles. The summed E-state index contributed by atoms with van der Waals surface area (Å²) in [6.07, 6.45) is 1.69. The summed E-state index contributed by atoms with van der Waals surface area (Å²) in [5.41, 5.74) is 1.22. The molecule has 3 heterocycles. The van der Waals surface area contributed by atoms with Crippen LogP contribution in [0.3, 0.4) is 0 Å². The second-order valence-corrected chi connectivity index (χ2v) is 7.38. The lowest BCUT2D eigenvalue weighted by atomic mass is 10.1. The number of ether oxygens (including phenoxy) is 1. The van der Waals surface area contributed by atoms with Crippen LogP contribution in [-0.2, 0) is 21.2 Å². The molecule has 0 radical (unpaired) electrons. The van der Waals surface area contributed by atoms with Crippen molar-refractivity contribution in [1.29, 1.82) is 0 Å². The molecule has 1 aromatic rings. The Morgan fingerprint density at radius 2 is 2.19 bits per heavy atom. The van der Waals surface area contributed by atoms with Gasteiger partial charge in [0.2, 0.25) is 16.0 Å². The summed E-state index contributed by atoms with van der Waals surface area (Å²) in [5.74, 6) is -0.107. The molecule has 1 saturated heterocycles. The molecule has 0 amide bonds. The van der Waals surface area contributed by atoms with Crippen molar-refractivity contribution in [2.24, 2.45) is 0 Å². The number of hydrogen-bond donors (Lipinski definition) is 0. The van der Waals surface area contributed by atoms with Gasteiger partial charge in [0.25, 0.3) is 0 Å². The Hall–Kier alpha value is -1.41. The number of nitrogens with zero attached hydrogens (tertiary/aromatic N) is 3. The van der Waals surface area contributed by atoms with Gasteiger partial charge in [-0.15, -0.1) is 0 Å². The Labute approximate surface area is 123 Å². The van der Waals surface area contributed by atoms with E-state index in [1.807, 2.05) is 11.8 Å². The normalized spacial score (nSPS) is 22.5. The highest BCUT2D eigenvalue weighted by Gasteiger charge is 2.33. The number of anilines is 2. The van der Waals surface area contributed by atoms with Gasteiger partial charge in [0, 0.05) is 24.7 Å². The van der Waals surface area contributed by atoms with Crippen LogP contribution >= 0.6 is 0 Å². The molecule has 0 bridgehead atoms. The van der Waals surface area contributed by atoms with Crippen LogP contribution < -0.4 is 9.21 Å². The van der Waals surface area contributed by atoms with E-state index in [9.17, 15) is 12.8 Å². The highest BCUT2D eigenvalue weighted by Crippen LogP contribution is 2.37. The zero-order chi connectivity index (χ0) is 15.2. The Bertz CT molecular complexity index is 665. The van der Waals surface area contributed by atoms with E-state index in [4.69, 9.17) is 4.74 Å². The first-order chi connectivity index (χ1) is 9.88. The number of pyridine rings is 1. The Morgan fingerprint density at radius 3 is 2.86 bits per heavy atom. The van der Waals surface area contributed by atoms with E-state index in [-0.39, 0.29) is 6.04 Å². The van der Waals surface area contributed by atoms with Crippen molar-refractivity contribution in [3.05, 3.63) is 17.6 Å². The summed E-state index contributed by atoms with van der Waals surface area (Å²) in [7, 11) is -3.40. The maximum absolute atomic E-state index is 13.9. The zero-order valence-corrected chi connectivity index (χ0v) is 12.9. The van der Waals surface area contributed by atoms with Crippen LogP contribution in [0.4, 0.5) is 15.9 Å². The summed E-state index contributed by atoms with van der Waals surface area (Å²) in [6, 6.07) is 1.29. The van der Waals surface area contributed by atoms with Crippen LogP contribution in [0, 0.1) is 5.95 Å². The maximum Gasteiger partial charge on any atom is 0.232 e. The summed E-state index contributed by atoms with van der Waals surface area (Å²) in [6.45, 7) is 4.07. The fraction of sp³-hybridized carbons (Fsp3) is 0.615. The molecule has 0 N–H and O–H groups in total. The number of halogens is 1. The molecule has 2 aliphatic heterocycles. The van der Waals surface area contributed by atoms with E-state index in [0.29, 0.717) is 44.2 Å². The number of fused-ring (bicyclic) bond motifs is 1. The standard InChI is InChI=1S/C13H18FN3O3S/c1-9-8-20-6-5-16(9)13-10-3-4-17(21(2,18)19)11(10)7-12(14)15-13/h7,9H,3-6,8H2,1-2H3/t9-/m1/s1. The van der Waals surface area contributed by atoms with Crippen LogP contribution in [0.2, 0.25) is 0 Å². The quantitative estimate of drug-likeness (QED) is 0.754. The Balaban J connectivity index is 2.08. The van der Waals surface area contributed by atoms with Crippen molar-refractivity contribution in [3.63, 3.8) is 0 Å². The average molecular weight is 315 g/mol. The third-order valence-electron chi connectivity index (χ3n) is 3.92. The van der Waals surface area contributed by atoms with E-state index >= 15 is 0 Å². The number of hydrogen-bond acceptors (Lipinski definition) is 5. The average Bonchev–Trinajstić information content (AvgIpc) is 2.82. The molecular weight excluding hydrogens is 297 g/mol. The van der Waals surface area contributed by atoms with E-state index in [1.165, 1.54) is 10.4 Å². The van der Waals surface area contributed by atoms with E-state index in [2.05, 4.69) is 4.98 Å². The molecule has 21 heavy (non-hydrogen) atoms. The largest absolute Gasteiger partial charge is 0.377 e. The molecule has 0 spiro atoms. The minimum absolute atomic E-state index is 0.0874. The molecule has 6 nitrogen and oxygen atoms in total. The third kappa shape index (κ3) is 2.57. The zero-order valence-electron chi connectivity index (χ0n) is 12.0. The van der Waals surface area contributed by atoms with Crippen molar-refractivity contribution < 1.29 is 17.5 Å². The van der Waals surface area contributed by atoms with E-state index in [1.54, 1.807) is 0 Å². The van der Waals surface area contributed by atoms with Crippen LogP contribution in [0.1, 0.15) is 12.5 Å². The molecule has 0 saturated carbocycles. The van der Waals surface area contributed by atoms with Gasteiger partial charge in [-0.25, -0.2) is 13.4 Å². The smallest absolute Gasteiger partial charge is 0.232 e. The van der Waals surface area contributed by atoms with Crippen molar-refractivity contribution in [3.8, 4) is 0 Å². The second kappa shape index (κ2) is 5.10. The van der Waals surface area contributed by atoms with E-state index < -0.39 is 16.0 Å². The minimum atomic E-state index is -3.40. The van der Waals surface area contributed by atoms with Crippen molar-refractivity contribution in [2.45, 2.75) is 19.4 Å². The van der Waals surface area contributed by atoms with E-state index in [0.717, 1.165) is 11.8 Å². The molecule has 0 aromatic carbocycles. The van der Waals surface area contributed by atoms with Crippen molar-refractivity contribution >= 4 is 21.5 Å². The maximum atomic E-state index is 13.9. The predicted octanol–water partition coefficient (Wildman–Crippen LogP) is 0.768. The third-order valence-corrected chi connectivity index (χ3v) is 5.10. The van der Waals surface area contributed by atoms with Crippen LogP contribution in [0.25, 0.3) is 0 Å². The van der Waals surface area contributed by atoms with Gasteiger partial charge in [0.15, 0.2) is 0 Å². The van der Waals surface area contributed by atoms with Gasteiger partial charge in [-0.2, -0.15) is 4.39 Å². The van der Waals surface area contributed by atoms with Gasteiger partial charge < -0.3 is 9.64 Å². The van der Waals surface area contributed by atoms with Gasteiger partial charge >= 0.3 is 0 Å². The number of morpholine rings is 1. The van der Waals surface area contributed by atoms with Gasteiger partial charge in [-0.1, -0.05) is 0 Å². The SMILES string of the molecule is C[C@@H]1COCCN1c1nc(F)cc2c1CCN2S(C)(=O)=O.